The number of methoxy groups -OCH3 is 1. The lowest BCUT2D eigenvalue weighted by Crippen LogP contribution is -2.32. The minimum atomic E-state index is -0.232. The zero-order chi connectivity index (χ0) is 13.0. The minimum absolute atomic E-state index is 0.000443. The summed E-state index contributed by atoms with van der Waals surface area (Å²) in [5.41, 5.74) is 6.31. The molecule has 0 aliphatic rings. The van der Waals surface area contributed by atoms with Gasteiger partial charge in [0.25, 0.3) is 0 Å². The fraction of sp³-hybridized carbons (Fsp3) is 0.636. The van der Waals surface area contributed by atoms with Gasteiger partial charge in [0, 0.05) is 19.1 Å². The largest absolute Gasteiger partial charge is 0.383 e. The SMILES string of the molecule is COCCn1ncc(Br)c1C(=O)C(C)C(C)N. The second-order valence-corrected chi connectivity index (χ2v) is 4.92. The number of Topliss-reactive ketones (excluding diaryl/α,β-unsaturated/α-hetero) is 1. The van der Waals surface area contributed by atoms with E-state index in [-0.39, 0.29) is 17.7 Å². The fourth-order valence-electron chi connectivity index (χ4n) is 1.41. The molecule has 0 aliphatic carbocycles. The Morgan fingerprint density at radius 1 is 1.65 bits per heavy atom. The Balaban J connectivity index is 2.95. The molecule has 5 nitrogen and oxygen atoms in total. The molecule has 96 valence electrons. The summed E-state index contributed by atoms with van der Waals surface area (Å²) in [7, 11) is 1.62. The molecule has 1 heterocycles. The third-order valence-electron chi connectivity index (χ3n) is 2.74. The van der Waals surface area contributed by atoms with E-state index in [1.807, 2.05) is 13.8 Å². The lowest BCUT2D eigenvalue weighted by molar-refractivity contribution is 0.0901. The molecule has 0 aromatic carbocycles. The number of hydrogen-bond donors (Lipinski definition) is 1. The van der Waals surface area contributed by atoms with Gasteiger partial charge in [-0.25, -0.2) is 0 Å². The van der Waals surface area contributed by atoms with Crippen LogP contribution in [0.4, 0.5) is 0 Å². The molecule has 0 saturated heterocycles. The third kappa shape index (κ3) is 3.37. The Kier molecular flexibility index (Phi) is 5.30. The Labute approximate surface area is 109 Å². The normalized spacial score (nSPS) is 14.6. The van der Waals surface area contributed by atoms with Gasteiger partial charge in [-0.15, -0.1) is 0 Å². The highest BCUT2D eigenvalue weighted by atomic mass is 79.9. The number of halogens is 1. The van der Waals surface area contributed by atoms with E-state index >= 15 is 0 Å². The molecule has 2 N–H and O–H groups in total. The predicted octanol–water partition coefficient (Wildman–Crippen LogP) is 1.46. The minimum Gasteiger partial charge on any atom is -0.383 e. The number of carbonyl (C=O) groups excluding carboxylic acids is 1. The molecular weight excluding hydrogens is 286 g/mol. The van der Waals surface area contributed by atoms with E-state index < -0.39 is 0 Å². The lowest BCUT2D eigenvalue weighted by atomic mass is 9.97. The summed E-state index contributed by atoms with van der Waals surface area (Å²) in [4.78, 5) is 12.2. The van der Waals surface area contributed by atoms with Gasteiger partial charge in [0.05, 0.1) is 23.8 Å². The second kappa shape index (κ2) is 6.28. The van der Waals surface area contributed by atoms with E-state index in [1.54, 1.807) is 18.0 Å². The average Bonchev–Trinajstić information content (AvgIpc) is 2.65. The molecule has 0 aliphatic heterocycles. The summed E-state index contributed by atoms with van der Waals surface area (Å²) < 4.78 is 7.33. The number of nitrogens with two attached hydrogens (primary N) is 1. The van der Waals surface area contributed by atoms with Gasteiger partial charge in [0.15, 0.2) is 5.78 Å². The van der Waals surface area contributed by atoms with Crippen molar-refractivity contribution in [2.75, 3.05) is 13.7 Å². The van der Waals surface area contributed by atoms with Crippen LogP contribution < -0.4 is 5.73 Å². The number of ether oxygens (including phenoxy) is 1. The average molecular weight is 304 g/mol. The van der Waals surface area contributed by atoms with Crippen molar-refractivity contribution < 1.29 is 9.53 Å². The third-order valence-corrected chi connectivity index (χ3v) is 3.32. The first-order chi connectivity index (χ1) is 7.99. The molecule has 0 bridgehead atoms. The fourth-order valence-corrected chi connectivity index (χ4v) is 1.90. The van der Waals surface area contributed by atoms with Crippen molar-refractivity contribution in [2.24, 2.45) is 11.7 Å². The van der Waals surface area contributed by atoms with Crippen LogP contribution in [0, 0.1) is 5.92 Å². The Morgan fingerprint density at radius 2 is 2.29 bits per heavy atom. The standard InChI is InChI=1S/C11H18BrN3O2/c1-7(8(2)13)11(16)10-9(12)6-14-15(10)4-5-17-3/h6-8H,4-5,13H2,1-3H3. The Bertz CT molecular complexity index is 390. The Hall–Kier alpha value is -0.720. The van der Waals surface area contributed by atoms with Gasteiger partial charge in [-0.1, -0.05) is 6.92 Å². The maximum Gasteiger partial charge on any atom is 0.186 e. The first-order valence-corrected chi connectivity index (χ1v) is 6.28. The van der Waals surface area contributed by atoms with Gasteiger partial charge >= 0.3 is 0 Å². The molecule has 0 saturated carbocycles. The maximum absolute atomic E-state index is 12.2. The summed E-state index contributed by atoms with van der Waals surface area (Å²) in [6, 6.07) is -0.180. The zero-order valence-electron chi connectivity index (χ0n) is 10.3. The van der Waals surface area contributed by atoms with E-state index in [0.29, 0.717) is 23.3 Å². The van der Waals surface area contributed by atoms with E-state index in [1.165, 1.54) is 0 Å². The van der Waals surface area contributed by atoms with Crippen LogP contribution in [0.25, 0.3) is 0 Å². The van der Waals surface area contributed by atoms with Crippen LogP contribution in [0.5, 0.6) is 0 Å². The monoisotopic (exact) mass is 303 g/mol. The molecule has 2 atom stereocenters. The van der Waals surface area contributed by atoms with Crippen LogP contribution in [0.2, 0.25) is 0 Å². The zero-order valence-corrected chi connectivity index (χ0v) is 11.9. The van der Waals surface area contributed by atoms with Crippen LogP contribution in [-0.4, -0.2) is 35.3 Å². The molecule has 0 amide bonds. The number of hydrogen-bond acceptors (Lipinski definition) is 4. The van der Waals surface area contributed by atoms with Gasteiger partial charge < -0.3 is 10.5 Å². The van der Waals surface area contributed by atoms with Crippen molar-refractivity contribution in [3.05, 3.63) is 16.4 Å². The molecule has 0 radical (unpaired) electrons. The van der Waals surface area contributed by atoms with Crippen LogP contribution in [0.15, 0.2) is 10.7 Å². The van der Waals surface area contributed by atoms with Crippen molar-refractivity contribution in [3.8, 4) is 0 Å². The molecule has 6 heteroatoms. The molecule has 1 aromatic heterocycles. The smallest absolute Gasteiger partial charge is 0.186 e. The van der Waals surface area contributed by atoms with Crippen LogP contribution in [0.1, 0.15) is 24.3 Å². The highest BCUT2D eigenvalue weighted by molar-refractivity contribution is 9.10. The molecule has 1 rings (SSSR count). The molecule has 0 fully saturated rings. The number of aromatic nitrogens is 2. The number of rotatable bonds is 6. The molecule has 2 unspecified atom stereocenters. The van der Waals surface area contributed by atoms with Crippen molar-refractivity contribution in [1.29, 1.82) is 0 Å². The molecular formula is C11H18BrN3O2. The van der Waals surface area contributed by atoms with Gasteiger partial charge in [-0.3, -0.25) is 9.48 Å². The topological polar surface area (TPSA) is 70.1 Å². The van der Waals surface area contributed by atoms with Gasteiger partial charge in [0.1, 0.15) is 5.69 Å². The van der Waals surface area contributed by atoms with Crippen molar-refractivity contribution in [3.63, 3.8) is 0 Å². The van der Waals surface area contributed by atoms with Crippen LogP contribution in [-0.2, 0) is 11.3 Å². The van der Waals surface area contributed by atoms with Crippen LogP contribution in [0.3, 0.4) is 0 Å². The summed E-state index contributed by atoms with van der Waals surface area (Å²) in [5.74, 6) is -0.232. The first kappa shape index (κ1) is 14.3. The molecule has 0 spiro atoms. The van der Waals surface area contributed by atoms with E-state index in [9.17, 15) is 4.79 Å². The van der Waals surface area contributed by atoms with Gasteiger partial charge in [-0.2, -0.15) is 5.10 Å². The molecule has 17 heavy (non-hydrogen) atoms. The summed E-state index contributed by atoms with van der Waals surface area (Å²) in [6.45, 7) is 4.72. The highest BCUT2D eigenvalue weighted by Gasteiger charge is 2.24. The summed E-state index contributed by atoms with van der Waals surface area (Å²) in [5, 5.41) is 4.14. The molecule has 1 aromatic rings. The van der Waals surface area contributed by atoms with Gasteiger partial charge in [-0.05, 0) is 22.9 Å². The quantitative estimate of drug-likeness (QED) is 0.808. The predicted molar refractivity (Wildman–Crippen MR) is 68.9 cm³/mol. The number of ketones is 1. The van der Waals surface area contributed by atoms with Crippen molar-refractivity contribution in [1.82, 2.24) is 9.78 Å². The summed E-state index contributed by atoms with van der Waals surface area (Å²) in [6.07, 6.45) is 1.62. The van der Waals surface area contributed by atoms with Crippen molar-refractivity contribution >= 4 is 21.7 Å². The second-order valence-electron chi connectivity index (χ2n) is 4.07. The van der Waals surface area contributed by atoms with E-state index in [0.717, 1.165) is 0 Å². The van der Waals surface area contributed by atoms with E-state index in [4.69, 9.17) is 10.5 Å². The van der Waals surface area contributed by atoms with Crippen molar-refractivity contribution in [2.45, 2.75) is 26.4 Å². The van der Waals surface area contributed by atoms with Crippen LogP contribution >= 0.6 is 15.9 Å². The highest BCUT2D eigenvalue weighted by Crippen LogP contribution is 2.20. The van der Waals surface area contributed by atoms with Gasteiger partial charge in [0.2, 0.25) is 0 Å². The lowest BCUT2D eigenvalue weighted by Gasteiger charge is -2.15. The Morgan fingerprint density at radius 3 is 2.82 bits per heavy atom. The number of nitrogens with zero attached hydrogens (tertiary/aromatic N) is 2. The van der Waals surface area contributed by atoms with E-state index in [2.05, 4.69) is 21.0 Å². The maximum atomic E-state index is 12.2. The summed E-state index contributed by atoms with van der Waals surface area (Å²) >= 11 is 3.34. The first-order valence-electron chi connectivity index (χ1n) is 5.49. The number of carbonyl (C=O) groups is 1.